The van der Waals surface area contributed by atoms with Crippen molar-refractivity contribution in [2.24, 2.45) is 0 Å². The zero-order chi connectivity index (χ0) is 21.6. The van der Waals surface area contributed by atoms with Crippen LogP contribution in [0.4, 0.5) is 10.8 Å². The smallest absolute Gasteiger partial charge is 0.241 e. The average molecular weight is 455 g/mol. The second-order valence-corrected chi connectivity index (χ2v) is 9.61. The fraction of sp³-hybridized carbons (Fsp3) is 0.444. The number of carbonyl (C=O) groups excluding carboxylic acids is 2. The van der Waals surface area contributed by atoms with Gasteiger partial charge in [0.25, 0.3) is 0 Å². The molecule has 30 heavy (non-hydrogen) atoms. The number of ether oxygens (including phenoxy) is 2. The first kappa shape index (κ1) is 22.1. The fourth-order valence-corrected chi connectivity index (χ4v) is 4.68. The molecule has 0 aliphatic carbocycles. The summed E-state index contributed by atoms with van der Waals surface area (Å²) in [5.74, 6) is -2.52. The highest BCUT2D eigenvalue weighted by Gasteiger charge is 2.24. The van der Waals surface area contributed by atoms with Gasteiger partial charge >= 0.3 is 0 Å². The van der Waals surface area contributed by atoms with Gasteiger partial charge in [-0.3, -0.25) is 14.9 Å². The second kappa shape index (κ2) is 9.96. The molecular weight excluding hydrogens is 432 g/mol. The van der Waals surface area contributed by atoms with Gasteiger partial charge < -0.3 is 14.8 Å². The van der Waals surface area contributed by atoms with Crippen LogP contribution in [-0.4, -0.2) is 55.1 Å². The lowest BCUT2D eigenvalue weighted by atomic mass is 10.2. The Balaban J connectivity index is 1.48. The number of amides is 2. The van der Waals surface area contributed by atoms with E-state index in [0.717, 1.165) is 24.2 Å². The van der Waals surface area contributed by atoms with E-state index < -0.39 is 33.2 Å². The third-order valence-corrected chi connectivity index (χ3v) is 6.38. The first-order valence-electron chi connectivity index (χ1n) is 9.32. The van der Waals surface area contributed by atoms with E-state index in [2.05, 4.69) is 20.8 Å². The van der Waals surface area contributed by atoms with Gasteiger partial charge in [0.2, 0.25) is 16.9 Å². The minimum absolute atomic E-state index is 0.136. The molecule has 1 atom stereocenters. The van der Waals surface area contributed by atoms with E-state index >= 15 is 0 Å². The predicted octanol–water partition coefficient (Wildman–Crippen LogP) is 1.78. The van der Waals surface area contributed by atoms with Crippen molar-refractivity contribution in [3.05, 3.63) is 29.3 Å². The van der Waals surface area contributed by atoms with Gasteiger partial charge in [-0.15, -0.1) is 10.2 Å². The molecule has 162 valence electrons. The van der Waals surface area contributed by atoms with Crippen molar-refractivity contribution in [1.82, 2.24) is 10.2 Å². The van der Waals surface area contributed by atoms with Crippen LogP contribution < -0.4 is 15.4 Å². The van der Waals surface area contributed by atoms with Crippen molar-refractivity contribution in [3.8, 4) is 5.75 Å². The fourth-order valence-electron chi connectivity index (χ4n) is 2.79. The number of benzene rings is 1. The number of nitrogens with zero attached hydrogens (tertiary/aromatic N) is 2. The van der Waals surface area contributed by atoms with Crippen LogP contribution in [0.3, 0.4) is 0 Å². The number of carbonyl (C=O) groups is 2. The maximum atomic E-state index is 12.2. The quantitative estimate of drug-likeness (QED) is 0.585. The van der Waals surface area contributed by atoms with E-state index in [-0.39, 0.29) is 11.2 Å². The molecule has 1 aliphatic heterocycles. The molecule has 0 radical (unpaired) electrons. The van der Waals surface area contributed by atoms with Crippen molar-refractivity contribution in [2.75, 3.05) is 35.4 Å². The maximum Gasteiger partial charge on any atom is 0.241 e. The van der Waals surface area contributed by atoms with E-state index in [1.165, 1.54) is 0 Å². The number of anilines is 2. The minimum Gasteiger partial charge on any atom is -0.494 e. The summed E-state index contributed by atoms with van der Waals surface area (Å²) in [5, 5.41) is 13.5. The summed E-state index contributed by atoms with van der Waals surface area (Å²) < 4.78 is 35.2. The summed E-state index contributed by atoms with van der Waals surface area (Å²) in [6.07, 6.45) is 1.63. The molecule has 2 heterocycles. The SMILES string of the molecule is CCOc1ccc(NC(=O)CS(=O)(=O)CC(=O)Nc2nnc(C3CCCO3)s2)cc1. The molecule has 3 rings (SSSR count). The van der Waals surface area contributed by atoms with Crippen LogP contribution >= 0.6 is 11.3 Å². The molecule has 1 unspecified atom stereocenters. The topological polar surface area (TPSA) is 137 Å². The molecule has 1 aromatic carbocycles. The van der Waals surface area contributed by atoms with Gasteiger partial charge in [-0.2, -0.15) is 0 Å². The van der Waals surface area contributed by atoms with Crippen LogP contribution in [0.2, 0.25) is 0 Å². The van der Waals surface area contributed by atoms with Crippen LogP contribution in [0.5, 0.6) is 5.75 Å². The van der Waals surface area contributed by atoms with E-state index in [0.29, 0.717) is 29.7 Å². The Morgan fingerprint density at radius 2 is 1.87 bits per heavy atom. The Morgan fingerprint density at radius 3 is 2.50 bits per heavy atom. The first-order chi connectivity index (χ1) is 14.3. The third kappa shape index (κ3) is 6.47. The van der Waals surface area contributed by atoms with Crippen LogP contribution in [0, 0.1) is 0 Å². The van der Waals surface area contributed by atoms with Gasteiger partial charge in [-0.05, 0) is 44.0 Å². The summed E-state index contributed by atoms with van der Waals surface area (Å²) in [7, 11) is -3.96. The van der Waals surface area contributed by atoms with E-state index in [4.69, 9.17) is 9.47 Å². The molecule has 1 aromatic heterocycles. The standard InChI is InChI=1S/C18H22N4O6S2/c1-2-27-13-7-5-12(6-8-13)19-15(23)10-30(25,26)11-16(24)20-18-22-21-17(29-18)14-4-3-9-28-14/h5-8,14H,2-4,9-11H2,1H3,(H,19,23)(H,20,22,24). The normalized spacial score (nSPS) is 16.2. The molecule has 12 heteroatoms. The van der Waals surface area contributed by atoms with Crippen molar-refractivity contribution in [1.29, 1.82) is 0 Å². The van der Waals surface area contributed by atoms with Crippen molar-refractivity contribution < 1.29 is 27.5 Å². The third-order valence-electron chi connectivity index (χ3n) is 4.04. The molecule has 1 aliphatic rings. The Kier molecular flexibility index (Phi) is 7.34. The molecule has 1 fully saturated rings. The van der Waals surface area contributed by atoms with Gasteiger partial charge in [-0.1, -0.05) is 11.3 Å². The van der Waals surface area contributed by atoms with Gasteiger partial charge in [0.05, 0.1) is 6.61 Å². The molecule has 2 aromatic rings. The maximum absolute atomic E-state index is 12.2. The van der Waals surface area contributed by atoms with Gasteiger partial charge in [0.15, 0.2) is 9.84 Å². The minimum atomic E-state index is -3.96. The van der Waals surface area contributed by atoms with E-state index in [1.54, 1.807) is 24.3 Å². The number of sulfone groups is 1. The molecular formula is C18H22N4O6S2. The highest BCUT2D eigenvalue weighted by Crippen LogP contribution is 2.31. The molecule has 0 spiro atoms. The van der Waals surface area contributed by atoms with Crippen LogP contribution in [-0.2, 0) is 24.2 Å². The van der Waals surface area contributed by atoms with Crippen LogP contribution in [0.25, 0.3) is 0 Å². The highest BCUT2D eigenvalue weighted by atomic mass is 32.2. The van der Waals surface area contributed by atoms with Crippen molar-refractivity contribution in [2.45, 2.75) is 25.9 Å². The Labute approximate surface area is 177 Å². The number of hydrogen-bond donors (Lipinski definition) is 2. The molecule has 2 amide bonds. The zero-order valence-corrected chi connectivity index (χ0v) is 17.9. The van der Waals surface area contributed by atoms with Gasteiger partial charge in [0.1, 0.15) is 28.4 Å². The number of nitrogens with one attached hydrogen (secondary N) is 2. The van der Waals surface area contributed by atoms with Crippen molar-refractivity contribution >= 4 is 43.8 Å². The Bertz CT molecular complexity index is 984. The highest BCUT2D eigenvalue weighted by molar-refractivity contribution is 7.92. The molecule has 2 N–H and O–H groups in total. The summed E-state index contributed by atoms with van der Waals surface area (Å²) in [6.45, 7) is 3.02. The van der Waals surface area contributed by atoms with Crippen LogP contribution in [0.1, 0.15) is 30.9 Å². The monoisotopic (exact) mass is 454 g/mol. The molecule has 0 saturated carbocycles. The molecule has 0 bridgehead atoms. The number of hydrogen-bond acceptors (Lipinski definition) is 9. The first-order valence-corrected chi connectivity index (χ1v) is 12.0. The summed E-state index contributed by atoms with van der Waals surface area (Å²) >= 11 is 1.14. The summed E-state index contributed by atoms with van der Waals surface area (Å²) in [6, 6.07) is 6.52. The van der Waals surface area contributed by atoms with E-state index in [1.807, 2.05) is 6.92 Å². The largest absolute Gasteiger partial charge is 0.494 e. The van der Waals surface area contributed by atoms with Gasteiger partial charge in [-0.25, -0.2) is 8.42 Å². The molecule has 10 nitrogen and oxygen atoms in total. The number of aromatic nitrogens is 2. The Morgan fingerprint density at radius 1 is 1.17 bits per heavy atom. The second-order valence-electron chi connectivity index (χ2n) is 6.53. The summed E-state index contributed by atoms with van der Waals surface area (Å²) in [4.78, 5) is 24.1. The lowest BCUT2D eigenvalue weighted by Crippen LogP contribution is -2.30. The van der Waals surface area contributed by atoms with Gasteiger partial charge in [0, 0.05) is 12.3 Å². The lowest BCUT2D eigenvalue weighted by Gasteiger charge is -2.08. The summed E-state index contributed by atoms with van der Waals surface area (Å²) in [5.41, 5.74) is 0.429. The predicted molar refractivity (Wildman–Crippen MR) is 111 cm³/mol. The molecule has 1 saturated heterocycles. The van der Waals surface area contributed by atoms with Crippen LogP contribution in [0.15, 0.2) is 24.3 Å². The van der Waals surface area contributed by atoms with E-state index in [9.17, 15) is 18.0 Å². The Hall–Kier alpha value is -2.57. The average Bonchev–Trinajstić information content (AvgIpc) is 3.34. The van der Waals surface area contributed by atoms with Crippen molar-refractivity contribution in [3.63, 3.8) is 0 Å². The zero-order valence-electron chi connectivity index (χ0n) is 16.3. The number of rotatable bonds is 9. The lowest BCUT2D eigenvalue weighted by molar-refractivity contribution is -0.114.